The van der Waals surface area contributed by atoms with Gasteiger partial charge in [0, 0.05) is 5.56 Å². The summed E-state index contributed by atoms with van der Waals surface area (Å²) in [6.45, 7) is 6.34. The van der Waals surface area contributed by atoms with E-state index in [1.54, 1.807) is 31.2 Å². The summed E-state index contributed by atoms with van der Waals surface area (Å²) in [4.78, 5) is 23.3. The van der Waals surface area contributed by atoms with Gasteiger partial charge in [-0.05, 0) is 36.6 Å². The van der Waals surface area contributed by atoms with Crippen molar-refractivity contribution in [1.29, 1.82) is 0 Å². The van der Waals surface area contributed by atoms with Gasteiger partial charge in [-0.2, -0.15) is 0 Å². The molecule has 0 spiro atoms. The molecule has 2 N–H and O–H groups in total. The summed E-state index contributed by atoms with van der Waals surface area (Å²) in [5, 5.41) is 11.7. The van der Waals surface area contributed by atoms with E-state index in [2.05, 4.69) is 5.32 Å². The lowest BCUT2D eigenvalue weighted by atomic mass is 9.99. The topological polar surface area (TPSA) is 75.6 Å². The fourth-order valence-corrected chi connectivity index (χ4v) is 1.83. The van der Waals surface area contributed by atoms with Crippen molar-refractivity contribution in [2.75, 3.05) is 6.61 Å². The van der Waals surface area contributed by atoms with Crippen LogP contribution < -0.4 is 10.1 Å². The lowest BCUT2D eigenvalue weighted by Gasteiger charge is -2.20. The van der Waals surface area contributed by atoms with Crippen LogP contribution in [0.25, 0.3) is 0 Å². The fraction of sp³-hybridized carbons (Fsp3) is 0.500. The van der Waals surface area contributed by atoms with E-state index in [1.165, 1.54) is 0 Å². The number of benzene rings is 1. The van der Waals surface area contributed by atoms with Crippen LogP contribution in [0.4, 0.5) is 0 Å². The number of carboxylic acids is 1. The first-order valence-corrected chi connectivity index (χ1v) is 7.26. The molecule has 0 bridgehead atoms. The minimum Gasteiger partial charge on any atom is -0.494 e. The second-order valence-corrected chi connectivity index (χ2v) is 5.05. The van der Waals surface area contributed by atoms with Crippen LogP contribution in [-0.4, -0.2) is 29.6 Å². The molecule has 0 radical (unpaired) electrons. The smallest absolute Gasteiger partial charge is 0.326 e. The third-order valence-corrected chi connectivity index (χ3v) is 3.35. The van der Waals surface area contributed by atoms with E-state index in [4.69, 9.17) is 4.74 Å². The van der Waals surface area contributed by atoms with E-state index in [0.717, 1.165) is 6.42 Å². The number of ether oxygens (including phenoxy) is 1. The summed E-state index contributed by atoms with van der Waals surface area (Å²) in [5.74, 6) is -0.825. The molecule has 0 heterocycles. The van der Waals surface area contributed by atoms with Crippen LogP contribution in [0.3, 0.4) is 0 Å². The van der Waals surface area contributed by atoms with Crippen molar-refractivity contribution in [3.05, 3.63) is 29.8 Å². The zero-order valence-electron chi connectivity index (χ0n) is 12.8. The first kappa shape index (κ1) is 17.0. The quantitative estimate of drug-likeness (QED) is 0.772. The van der Waals surface area contributed by atoms with Gasteiger partial charge in [-0.15, -0.1) is 0 Å². The minimum absolute atomic E-state index is 0.126. The van der Waals surface area contributed by atoms with Crippen LogP contribution in [0, 0.1) is 5.92 Å². The Kier molecular flexibility index (Phi) is 6.72. The molecule has 0 aliphatic carbocycles. The Morgan fingerprint density at radius 1 is 1.24 bits per heavy atom. The van der Waals surface area contributed by atoms with Crippen LogP contribution in [0.1, 0.15) is 44.0 Å². The minimum atomic E-state index is -1.01. The number of aliphatic carboxylic acids is 1. The van der Waals surface area contributed by atoms with E-state index < -0.39 is 12.0 Å². The van der Waals surface area contributed by atoms with Crippen molar-refractivity contribution in [1.82, 2.24) is 5.32 Å². The number of carboxylic acid groups (broad SMARTS) is 1. The average Bonchev–Trinajstić information content (AvgIpc) is 2.49. The van der Waals surface area contributed by atoms with Gasteiger partial charge in [0.2, 0.25) is 0 Å². The van der Waals surface area contributed by atoms with Crippen LogP contribution in [0.5, 0.6) is 5.75 Å². The SMILES string of the molecule is CCCOc1ccc(C(=O)NC(C(=O)O)C(C)CC)cc1. The summed E-state index contributed by atoms with van der Waals surface area (Å²) in [5.41, 5.74) is 0.424. The third kappa shape index (κ3) is 5.10. The van der Waals surface area contributed by atoms with E-state index in [0.29, 0.717) is 24.3 Å². The van der Waals surface area contributed by atoms with Gasteiger partial charge in [-0.25, -0.2) is 4.79 Å². The second-order valence-electron chi connectivity index (χ2n) is 5.05. The van der Waals surface area contributed by atoms with Gasteiger partial charge in [-0.1, -0.05) is 27.2 Å². The molecule has 5 heteroatoms. The van der Waals surface area contributed by atoms with Gasteiger partial charge in [-0.3, -0.25) is 4.79 Å². The summed E-state index contributed by atoms with van der Waals surface area (Å²) < 4.78 is 5.44. The molecule has 5 nitrogen and oxygen atoms in total. The largest absolute Gasteiger partial charge is 0.494 e. The molecule has 0 saturated heterocycles. The highest BCUT2D eigenvalue weighted by Gasteiger charge is 2.25. The molecule has 0 aliphatic heterocycles. The Labute approximate surface area is 125 Å². The predicted molar refractivity (Wildman–Crippen MR) is 80.6 cm³/mol. The van der Waals surface area contributed by atoms with Crippen LogP contribution in [-0.2, 0) is 4.79 Å². The molecule has 1 aromatic carbocycles. The maximum absolute atomic E-state index is 12.1. The van der Waals surface area contributed by atoms with E-state index in [1.807, 2.05) is 13.8 Å². The first-order chi connectivity index (χ1) is 9.99. The number of hydrogen-bond acceptors (Lipinski definition) is 3. The van der Waals surface area contributed by atoms with Crippen LogP contribution in [0.2, 0.25) is 0 Å². The number of rotatable bonds is 8. The number of nitrogens with one attached hydrogen (secondary N) is 1. The van der Waals surface area contributed by atoms with Crippen molar-refractivity contribution in [3.63, 3.8) is 0 Å². The van der Waals surface area contributed by atoms with Gasteiger partial charge in [0.1, 0.15) is 11.8 Å². The summed E-state index contributed by atoms with van der Waals surface area (Å²) in [6, 6.07) is 5.82. The van der Waals surface area contributed by atoms with Crippen LogP contribution >= 0.6 is 0 Å². The Morgan fingerprint density at radius 2 is 1.86 bits per heavy atom. The Bertz CT molecular complexity index is 470. The number of hydrogen-bond donors (Lipinski definition) is 2. The maximum Gasteiger partial charge on any atom is 0.326 e. The standard InChI is InChI=1S/C16H23NO4/c1-4-10-21-13-8-6-12(7-9-13)15(18)17-14(16(19)20)11(3)5-2/h6-9,11,14H,4-5,10H2,1-3H3,(H,17,18)(H,19,20). The van der Waals surface area contributed by atoms with Gasteiger partial charge in [0.15, 0.2) is 0 Å². The Hall–Kier alpha value is -2.04. The number of carbonyl (C=O) groups excluding carboxylic acids is 1. The van der Waals surface area contributed by atoms with Gasteiger partial charge in [0.05, 0.1) is 6.61 Å². The Balaban J connectivity index is 2.71. The molecular formula is C16H23NO4. The molecule has 0 aromatic heterocycles. The van der Waals surface area contributed by atoms with Crippen LogP contribution in [0.15, 0.2) is 24.3 Å². The second kappa shape index (κ2) is 8.29. The zero-order valence-corrected chi connectivity index (χ0v) is 12.8. The van der Waals surface area contributed by atoms with Crippen molar-refractivity contribution < 1.29 is 19.4 Å². The molecule has 0 saturated carbocycles. The highest BCUT2D eigenvalue weighted by Crippen LogP contribution is 2.14. The molecule has 0 aliphatic rings. The molecule has 0 fully saturated rings. The summed E-state index contributed by atoms with van der Waals surface area (Å²) >= 11 is 0. The summed E-state index contributed by atoms with van der Waals surface area (Å²) in [6.07, 6.45) is 1.60. The molecular weight excluding hydrogens is 270 g/mol. The number of carbonyl (C=O) groups is 2. The lowest BCUT2D eigenvalue weighted by molar-refractivity contribution is -0.140. The molecule has 2 atom stereocenters. The number of amides is 1. The first-order valence-electron chi connectivity index (χ1n) is 7.26. The van der Waals surface area contributed by atoms with Crippen molar-refractivity contribution in [3.8, 4) is 5.75 Å². The van der Waals surface area contributed by atoms with E-state index in [-0.39, 0.29) is 11.8 Å². The fourth-order valence-electron chi connectivity index (χ4n) is 1.83. The monoisotopic (exact) mass is 293 g/mol. The normalized spacial score (nSPS) is 13.3. The molecule has 116 valence electrons. The van der Waals surface area contributed by atoms with Gasteiger partial charge >= 0.3 is 5.97 Å². The molecule has 1 amide bonds. The van der Waals surface area contributed by atoms with Crippen molar-refractivity contribution in [2.45, 2.75) is 39.7 Å². The third-order valence-electron chi connectivity index (χ3n) is 3.35. The lowest BCUT2D eigenvalue weighted by Crippen LogP contribution is -2.45. The van der Waals surface area contributed by atoms with Gasteiger partial charge < -0.3 is 15.2 Å². The summed E-state index contributed by atoms with van der Waals surface area (Å²) in [7, 11) is 0. The highest BCUT2D eigenvalue weighted by molar-refractivity contribution is 5.96. The zero-order chi connectivity index (χ0) is 15.8. The van der Waals surface area contributed by atoms with E-state index in [9.17, 15) is 14.7 Å². The highest BCUT2D eigenvalue weighted by atomic mass is 16.5. The molecule has 1 rings (SSSR count). The van der Waals surface area contributed by atoms with Gasteiger partial charge in [0.25, 0.3) is 5.91 Å². The predicted octanol–water partition coefficient (Wildman–Crippen LogP) is 2.70. The maximum atomic E-state index is 12.1. The van der Waals surface area contributed by atoms with Crippen molar-refractivity contribution in [2.24, 2.45) is 5.92 Å². The van der Waals surface area contributed by atoms with E-state index >= 15 is 0 Å². The van der Waals surface area contributed by atoms with Crippen molar-refractivity contribution >= 4 is 11.9 Å². The molecule has 21 heavy (non-hydrogen) atoms. The average molecular weight is 293 g/mol. The molecule has 2 unspecified atom stereocenters. The molecule has 1 aromatic rings. The Morgan fingerprint density at radius 3 is 2.33 bits per heavy atom.